The van der Waals surface area contributed by atoms with Crippen LogP contribution < -0.4 is 11.1 Å². The maximum Gasteiger partial charge on any atom is 0.269 e. The molecule has 0 unspecified atom stereocenters. The molecule has 3 rings (SSSR count). The van der Waals surface area contributed by atoms with Gasteiger partial charge in [-0.2, -0.15) is 10.6 Å². The van der Waals surface area contributed by atoms with E-state index in [9.17, 15) is 18.5 Å². The number of benzene rings is 1. The van der Waals surface area contributed by atoms with Gasteiger partial charge in [0, 0.05) is 11.6 Å². The van der Waals surface area contributed by atoms with Crippen LogP contribution in [0.25, 0.3) is 11.1 Å². The summed E-state index contributed by atoms with van der Waals surface area (Å²) in [7, 11) is 0. The Balaban J connectivity index is 2.11. The summed E-state index contributed by atoms with van der Waals surface area (Å²) < 4.78 is 27.1. The Morgan fingerprint density at radius 1 is 1.32 bits per heavy atom. The predicted octanol–water partition coefficient (Wildman–Crippen LogP) is 3.05. The number of rotatable bonds is 5. The van der Waals surface area contributed by atoms with E-state index >= 15 is 0 Å². The average Bonchev–Trinajstić information content (AvgIpc) is 3.40. The minimum Gasteiger partial charge on any atom is -0.270 e. The van der Waals surface area contributed by atoms with E-state index in [2.05, 4.69) is 5.10 Å². The van der Waals surface area contributed by atoms with Crippen molar-refractivity contribution in [1.82, 2.24) is 15.3 Å². The molecule has 1 aromatic heterocycles. The Hall–Kier alpha value is -2.57. The summed E-state index contributed by atoms with van der Waals surface area (Å²) in [6, 6.07) is 6.13. The molecule has 7 heteroatoms. The van der Waals surface area contributed by atoms with Gasteiger partial charge in [-0.05, 0) is 47.9 Å². The molecule has 1 aromatic carbocycles. The molecule has 0 bridgehead atoms. The number of amides is 1. The topological polar surface area (TPSA) is 64.0 Å². The fraction of sp³-hybridized carbons (Fsp3) is 0.389. The van der Waals surface area contributed by atoms with Crippen molar-refractivity contribution in [3.63, 3.8) is 0 Å². The van der Waals surface area contributed by atoms with Crippen LogP contribution in [0.15, 0.2) is 29.1 Å². The summed E-state index contributed by atoms with van der Waals surface area (Å²) in [5, 5.41) is 4.21. The first kappa shape index (κ1) is 17.3. The molecule has 25 heavy (non-hydrogen) atoms. The zero-order valence-corrected chi connectivity index (χ0v) is 14.1. The Morgan fingerprint density at radius 2 is 2.04 bits per heavy atom. The third kappa shape index (κ3) is 3.75. The Bertz CT molecular complexity index is 873. The van der Waals surface area contributed by atoms with Crippen molar-refractivity contribution in [2.45, 2.75) is 45.1 Å². The number of aromatic nitrogens is 2. The molecule has 0 saturated heterocycles. The molecule has 1 aliphatic carbocycles. The van der Waals surface area contributed by atoms with Gasteiger partial charge >= 0.3 is 0 Å². The molecule has 132 valence electrons. The lowest BCUT2D eigenvalue weighted by atomic mass is 9.96. The highest BCUT2D eigenvalue weighted by molar-refractivity contribution is 5.74. The van der Waals surface area contributed by atoms with E-state index < -0.39 is 18.0 Å². The van der Waals surface area contributed by atoms with Gasteiger partial charge in [0.1, 0.15) is 12.4 Å². The first-order chi connectivity index (χ1) is 11.9. The lowest BCUT2D eigenvalue weighted by molar-refractivity contribution is -0.126. The maximum atomic E-state index is 14.0. The smallest absolute Gasteiger partial charge is 0.269 e. The number of hydrogen-bond donors (Lipinski definition) is 1. The highest BCUT2D eigenvalue weighted by Gasteiger charge is 2.25. The first-order valence-corrected chi connectivity index (χ1v) is 8.21. The van der Waals surface area contributed by atoms with Gasteiger partial charge in [-0.15, -0.1) is 4.48 Å². The Labute approximate surface area is 143 Å². The lowest BCUT2D eigenvalue weighted by Crippen LogP contribution is -2.31. The lowest BCUT2D eigenvalue weighted by Gasteiger charge is -2.15. The second-order valence-corrected chi connectivity index (χ2v) is 6.66. The quantitative estimate of drug-likeness (QED) is 0.846. The SMILES string of the molecule is CC(C)c1nn(CC(=O)NF)c(=O)cc1-c1cc(F)cc(C2CC2)c1. The number of hydrogen-bond acceptors (Lipinski definition) is 3. The van der Waals surface area contributed by atoms with E-state index in [0.717, 1.165) is 28.6 Å². The number of halogens is 2. The van der Waals surface area contributed by atoms with Crippen LogP contribution in [-0.2, 0) is 11.3 Å². The first-order valence-electron chi connectivity index (χ1n) is 8.21. The van der Waals surface area contributed by atoms with Crippen molar-refractivity contribution in [3.8, 4) is 11.1 Å². The van der Waals surface area contributed by atoms with E-state index in [1.165, 1.54) is 18.2 Å². The van der Waals surface area contributed by atoms with Gasteiger partial charge in [0.05, 0.1) is 5.69 Å². The average molecular weight is 347 g/mol. The highest BCUT2D eigenvalue weighted by atomic mass is 19.2. The van der Waals surface area contributed by atoms with E-state index in [1.54, 1.807) is 0 Å². The normalized spacial score (nSPS) is 14.0. The van der Waals surface area contributed by atoms with Gasteiger partial charge < -0.3 is 0 Å². The van der Waals surface area contributed by atoms with Gasteiger partial charge in [0.25, 0.3) is 11.5 Å². The zero-order chi connectivity index (χ0) is 18.1. The van der Waals surface area contributed by atoms with Gasteiger partial charge in [0.15, 0.2) is 0 Å². The summed E-state index contributed by atoms with van der Waals surface area (Å²) in [5.41, 5.74) is 3.05. The van der Waals surface area contributed by atoms with Gasteiger partial charge in [0.2, 0.25) is 0 Å². The Morgan fingerprint density at radius 3 is 2.64 bits per heavy atom. The van der Waals surface area contributed by atoms with Crippen LogP contribution in [0.1, 0.15) is 49.8 Å². The summed E-state index contributed by atoms with van der Waals surface area (Å²) in [4.78, 5) is 23.5. The standard InChI is InChI=1S/C18H19F2N3O2/c1-10(2)18-15(8-17(25)23(22-18)9-16(24)21-20)13-5-12(11-3-4-11)6-14(19)7-13/h5-8,10-11H,3-4,9H2,1-2H3,(H,21,24). The summed E-state index contributed by atoms with van der Waals surface area (Å²) in [6.45, 7) is 3.26. The van der Waals surface area contributed by atoms with Crippen molar-refractivity contribution < 1.29 is 13.7 Å². The molecule has 0 radical (unpaired) electrons. The molecule has 5 nitrogen and oxygen atoms in total. The molecule has 0 aliphatic heterocycles. The Kier molecular flexibility index (Phi) is 4.65. The largest absolute Gasteiger partial charge is 0.270 e. The maximum absolute atomic E-state index is 14.0. The zero-order valence-electron chi connectivity index (χ0n) is 14.1. The molecule has 0 spiro atoms. The minimum atomic E-state index is -0.959. The van der Waals surface area contributed by atoms with Crippen molar-refractivity contribution in [1.29, 1.82) is 0 Å². The fourth-order valence-electron chi connectivity index (χ4n) is 2.86. The third-order valence-electron chi connectivity index (χ3n) is 4.25. The fourth-order valence-corrected chi connectivity index (χ4v) is 2.86. The molecular formula is C18H19F2N3O2. The summed E-state index contributed by atoms with van der Waals surface area (Å²) >= 11 is 0. The van der Waals surface area contributed by atoms with Gasteiger partial charge in [-0.1, -0.05) is 19.9 Å². The second-order valence-electron chi connectivity index (χ2n) is 6.66. The second kappa shape index (κ2) is 6.74. The van der Waals surface area contributed by atoms with Crippen LogP contribution in [0.2, 0.25) is 0 Å². The van der Waals surface area contributed by atoms with Crippen LogP contribution in [0.4, 0.5) is 8.87 Å². The van der Waals surface area contributed by atoms with Crippen LogP contribution in [0, 0.1) is 5.82 Å². The minimum absolute atomic E-state index is 0.0667. The number of carbonyl (C=O) groups excluding carboxylic acids is 1. The monoisotopic (exact) mass is 347 g/mol. The molecule has 1 heterocycles. The number of nitrogens with zero attached hydrogens (tertiary/aromatic N) is 2. The van der Waals surface area contributed by atoms with E-state index in [-0.39, 0.29) is 11.7 Å². The molecule has 0 atom stereocenters. The number of nitrogens with one attached hydrogen (secondary N) is 1. The van der Waals surface area contributed by atoms with E-state index in [0.29, 0.717) is 22.7 Å². The van der Waals surface area contributed by atoms with Crippen molar-refractivity contribution >= 4 is 5.91 Å². The van der Waals surface area contributed by atoms with E-state index in [4.69, 9.17) is 0 Å². The summed E-state index contributed by atoms with van der Waals surface area (Å²) in [6.07, 6.45) is 2.08. The molecule has 1 aliphatic rings. The van der Waals surface area contributed by atoms with Crippen molar-refractivity contribution in [2.24, 2.45) is 0 Å². The molecular weight excluding hydrogens is 328 g/mol. The van der Waals surface area contributed by atoms with Crippen molar-refractivity contribution in [3.05, 3.63) is 51.7 Å². The van der Waals surface area contributed by atoms with Crippen LogP contribution >= 0.6 is 0 Å². The summed E-state index contributed by atoms with van der Waals surface area (Å²) in [5.74, 6) is -1.00. The third-order valence-corrected chi connectivity index (χ3v) is 4.25. The van der Waals surface area contributed by atoms with Crippen LogP contribution in [-0.4, -0.2) is 15.7 Å². The molecule has 1 fully saturated rings. The van der Waals surface area contributed by atoms with Gasteiger partial charge in [-0.25, -0.2) is 9.07 Å². The van der Waals surface area contributed by atoms with E-state index in [1.807, 2.05) is 19.9 Å². The van der Waals surface area contributed by atoms with Gasteiger partial charge in [-0.3, -0.25) is 9.59 Å². The van der Waals surface area contributed by atoms with Crippen molar-refractivity contribution in [2.75, 3.05) is 0 Å². The number of carbonyl (C=O) groups is 1. The molecule has 1 amide bonds. The highest BCUT2D eigenvalue weighted by Crippen LogP contribution is 2.41. The van der Waals surface area contributed by atoms with Crippen LogP contribution in [0.3, 0.4) is 0 Å². The van der Waals surface area contributed by atoms with Crippen LogP contribution in [0.5, 0.6) is 0 Å². The predicted molar refractivity (Wildman–Crippen MR) is 89.2 cm³/mol. The molecule has 2 aromatic rings. The molecule has 1 N–H and O–H groups in total. The molecule has 1 saturated carbocycles.